The monoisotopic (exact) mass is 308 g/mol. The zero-order valence-electron chi connectivity index (χ0n) is 9.89. The molecular weight excluding hydrogens is 296 g/mol. The lowest BCUT2D eigenvalue weighted by atomic mass is 10.2. The van der Waals surface area contributed by atoms with Gasteiger partial charge in [0.2, 0.25) is 0 Å². The third-order valence-corrected chi connectivity index (χ3v) is 3.23. The third-order valence-electron chi connectivity index (χ3n) is 2.54. The zero-order chi connectivity index (χ0) is 13.1. The van der Waals surface area contributed by atoms with Crippen LogP contribution >= 0.6 is 15.9 Å². The molecule has 1 aromatic heterocycles. The summed E-state index contributed by atoms with van der Waals surface area (Å²) in [5.74, 6) is 0.636. The smallest absolute Gasteiger partial charge is 0.255 e. The number of amides is 1. The van der Waals surface area contributed by atoms with E-state index < -0.39 is 0 Å². The fourth-order valence-electron chi connectivity index (χ4n) is 1.62. The van der Waals surface area contributed by atoms with E-state index in [0.717, 1.165) is 10.2 Å². The summed E-state index contributed by atoms with van der Waals surface area (Å²) in [4.78, 5) is 13.8. The van der Waals surface area contributed by atoms with Gasteiger partial charge in [-0.3, -0.25) is 4.79 Å². The van der Waals surface area contributed by atoms with Crippen LogP contribution in [-0.4, -0.2) is 17.9 Å². The SMILES string of the molecule is CN(Cc1ccco1)C(=O)c1cc(N)ccc1Br. The minimum atomic E-state index is -0.106. The minimum absolute atomic E-state index is 0.106. The number of nitrogen functional groups attached to an aromatic ring is 1. The van der Waals surface area contributed by atoms with Gasteiger partial charge < -0.3 is 15.1 Å². The van der Waals surface area contributed by atoms with E-state index in [1.54, 1.807) is 42.5 Å². The van der Waals surface area contributed by atoms with Crippen molar-refractivity contribution in [1.29, 1.82) is 0 Å². The van der Waals surface area contributed by atoms with E-state index in [2.05, 4.69) is 15.9 Å². The Kier molecular flexibility index (Phi) is 3.72. The van der Waals surface area contributed by atoms with Gasteiger partial charge in [-0.2, -0.15) is 0 Å². The molecule has 1 amide bonds. The van der Waals surface area contributed by atoms with Crippen LogP contribution in [0.4, 0.5) is 5.69 Å². The van der Waals surface area contributed by atoms with Crippen molar-refractivity contribution < 1.29 is 9.21 Å². The van der Waals surface area contributed by atoms with Crippen LogP contribution in [0.25, 0.3) is 0 Å². The van der Waals surface area contributed by atoms with E-state index in [1.165, 1.54) is 0 Å². The first kappa shape index (κ1) is 12.7. The summed E-state index contributed by atoms with van der Waals surface area (Å²) in [6.45, 7) is 0.424. The first-order valence-electron chi connectivity index (χ1n) is 5.41. The second-order valence-corrected chi connectivity index (χ2v) is 4.83. The Balaban J connectivity index is 2.17. The molecule has 18 heavy (non-hydrogen) atoms. The number of halogens is 1. The number of anilines is 1. The molecule has 0 bridgehead atoms. The number of nitrogens with zero attached hydrogens (tertiary/aromatic N) is 1. The Bertz CT molecular complexity index is 552. The summed E-state index contributed by atoms with van der Waals surface area (Å²) < 4.78 is 5.94. The number of nitrogens with two attached hydrogens (primary N) is 1. The number of hydrogen-bond acceptors (Lipinski definition) is 3. The van der Waals surface area contributed by atoms with Crippen LogP contribution in [0.3, 0.4) is 0 Å². The molecule has 94 valence electrons. The molecule has 1 heterocycles. The van der Waals surface area contributed by atoms with Gasteiger partial charge in [-0.25, -0.2) is 0 Å². The van der Waals surface area contributed by atoms with E-state index in [0.29, 0.717) is 17.8 Å². The lowest BCUT2D eigenvalue weighted by Crippen LogP contribution is -2.26. The largest absolute Gasteiger partial charge is 0.467 e. The maximum absolute atomic E-state index is 12.2. The van der Waals surface area contributed by atoms with E-state index >= 15 is 0 Å². The van der Waals surface area contributed by atoms with Crippen LogP contribution in [0, 0.1) is 0 Å². The summed E-state index contributed by atoms with van der Waals surface area (Å²) in [6.07, 6.45) is 1.59. The zero-order valence-corrected chi connectivity index (χ0v) is 11.5. The molecule has 0 atom stereocenters. The number of carbonyl (C=O) groups is 1. The standard InChI is InChI=1S/C13H13BrN2O2/c1-16(8-10-3-2-6-18-10)13(17)11-7-9(15)4-5-12(11)14/h2-7H,8,15H2,1H3. The van der Waals surface area contributed by atoms with Gasteiger partial charge in [0.15, 0.2) is 0 Å². The van der Waals surface area contributed by atoms with Gasteiger partial charge >= 0.3 is 0 Å². The van der Waals surface area contributed by atoms with E-state index in [-0.39, 0.29) is 5.91 Å². The van der Waals surface area contributed by atoms with Crippen molar-refractivity contribution in [1.82, 2.24) is 4.90 Å². The Morgan fingerprint density at radius 3 is 2.89 bits per heavy atom. The second kappa shape index (κ2) is 5.27. The molecule has 0 saturated carbocycles. The molecule has 0 aliphatic heterocycles. The molecule has 2 aromatic rings. The predicted molar refractivity (Wildman–Crippen MR) is 73.1 cm³/mol. The van der Waals surface area contributed by atoms with E-state index in [4.69, 9.17) is 10.2 Å². The van der Waals surface area contributed by atoms with Gasteiger partial charge in [0, 0.05) is 17.2 Å². The summed E-state index contributed by atoms with van der Waals surface area (Å²) in [6, 6.07) is 8.80. The van der Waals surface area contributed by atoms with Crippen molar-refractivity contribution in [3.05, 3.63) is 52.4 Å². The third kappa shape index (κ3) is 2.73. The molecule has 0 saturated heterocycles. The summed E-state index contributed by atoms with van der Waals surface area (Å²) in [5, 5.41) is 0. The number of benzene rings is 1. The van der Waals surface area contributed by atoms with Crippen LogP contribution in [0.1, 0.15) is 16.1 Å². The number of furan rings is 1. The van der Waals surface area contributed by atoms with Crippen molar-refractivity contribution in [3.63, 3.8) is 0 Å². The van der Waals surface area contributed by atoms with Crippen LogP contribution in [0.15, 0.2) is 45.5 Å². The molecule has 0 aliphatic carbocycles. The molecule has 2 N–H and O–H groups in total. The molecule has 5 heteroatoms. The quantitative estimate of drug-likeness (QED) is 0.887. The number of carbonyl (C=O) groups excluding carboxylic acids is 1. The Labute approximate surface area is 114 Å². The average molecular weight is 309 g/mol. The fraction of sp³-hybridized carbons (Fsp3) is 0.154. The second-order valence-electron chi connectivity index (χ2n) is 3.98. The molecule has 0 aliphatic rings. The van der Waals surface area contributed by atoms with Crippen molar-refractivity contribution in [3.8, 4) is 0 Å². The van der Waals surface area contributed by atoms with Gasteiger partial charge in [0.05, 0.1) is 18.4 Å². The first-order valence-corrected chi connectivity index (χ1v) is 6.20. The highest BCUT2D eigenvalue weighted by molar-refractivity contribution is 9.10. The number of rotatable bonds is 3. The van der Waals surface area contributed by atoms with Gasteiger partial charge in [-0.1, -0.05) is 0 Å². The molecule has 0 spiro atoms. The first-order chi connectivity index (χ1) is 8.58. The van der Waals surface area contributed by atoms with Crippen molar-refractivity contribution in [2.75, 3.05) is 12.8 Å². The van der Waals surface area contributed by atoms with Crippen LogP contribution < -0.4 is 5.73 Å². The normalized spacial score (nSPS) is 10.3. The maximum atomic E-state index is 12.2. The van der Waals surface area contributed by atoms with Crippen LogP contribution in [0.2, 0.25) is 0 Å². The molecule has 4 nitrogen and oxygen atoms in total. The highest BCUT2D eigenvalue weighted by Crippen LogP contribution is 2.21. The fourth-order valence-corrected chi connectivity index (χ4v) is 2.04. The summed E-state index contributed by atoms with van der Waals surface area (Å²) in [7, 11) is 1.72. The minimum Gasteiger partial charge on any atom is -0.467 e. The average Bonchev–Trinajstić information content (AvgIpc) is 2.84. The van der Waals surface area contributed by atoms with Gasteiger partial charge in [-0.15, -0.1) is 0 Å². The number of hydrogen-bond donors (Lipinski definition) is 1. The lowest BCUT2D eigenvalue weighted by molar-refractivity contribution is 0.0774. The predicted octanol–water partition coefficient (Wildman–Crippen LogP) is 2.90. The van der Waals surface area contributed by atoms with Crippen LogP contribution in [0.5, 0.6) is 0 Å². The van der Waals surface area contributed by atoms with Crippen LogP contribution in [-0.2, 0) is 6.54 Å². The molecular formula is C13H13BrN2O2. The molecule has 2 rings (SSSR count). The highest BCUT2D eigenvalue weighted by Gasteiger charge is 2.16. The van der Waals surface area contributed by atoms with Gasteiger partial charge in [-0.05, 0) is 46.3 Å². The van der Waals surface area contributed by atoms with Gasteiger partial charge in [0.1, 0.15) is 5.76 Å². The molecule has 0 unspecified atom stereocenters. The topological polar surface area (TPSA) is 59.5 Å². The van der Waals surface area contributed by atoms with Crippen molar-refractivity contribution in [2.45, 2.75) is 6.54 Å². The Hall–Kier alpha value is -1.75. The molecule has 0 fully saturated rings. The van der Waals surface area contributed by atoms with Crippen molar-refractivity contribution >= 4 is 27.5 Å². The molecule has 0 radical (unpaired) electrons. The Morgan fingerprint density at radius 1 is 1.44 bits per heavy atom. The van der Waals surface area contributed by atoms with Gasteiger partial charge in [0.25, 0.3) is 5.91 Å². The lowest BCUT2D eigenvalue weighted by Gasteiger charge is -2.16. The summed E-state index contributed by atoms with van der Waals surface area (Å²) in [5.41, 5.74) is 6.80. The maximum Gasteiger partial charge on any atom is 0.255 e. The van der Waals surface area contributed by atoms with Crippen molar-refractivity contribution in [2.24, 2.45) is 0 Å². The summed E-state index contributed by atoms with van der Waals surface area (Å²) >= 11 is 3.35. The highest BCUT2D eigenvalue weighted by atomic mass is 79.9. The Morgan fingerprint density at radius 2 is 2.22 bits per heavy atom. The molecule has 1 aromatic carbocycles. The van der Waals surface area contributed by atoms with E-state index in [1.807, 2.05) is 6.07 Å². The van der Waals surface area contributed by atoms with E-state index in [9.17, 15) is 4.79 Å².